The van der Waals surface area contributed by atoms with Crippen LogP contribution in [0.2, 0.25) is 0 Å². The van der Waals surface area contributed by atoms with Gasteiger partial charge in [-0.1, -0.05) is 27.2 Å². The van der Waals surface area contributed by atoms with Gasteiger partial charge in [0.25, 0.3) is 0 Å². The molecule has 19 heavy (non-hydrogen) atoms. The molecule has 1 aromatic rings. The van der Waals surface area contributed by atoms with Crippen molar-refractivity contribution in [3.63, 3.8) is 0 Å². The number of hydrogen-bond acceptors (Lipinski definition) is 3. The quantitative estimate of drug-likeness (QED) is 0.775. The molecule has 0 saturated carbocycles. The van der Waals surface area contributed by atoms with E-state index in [4.69, 9.17) is 9.47 Å². The summed E-state index contributed by atoms with van der Waals surface area (Å²) in [6.45, 7) is 7.60. The first kappa shape index (κ1) is 15.8. The number of benzene rings is 1. The third kappa shape index (κ3) is 4.43. The normalized spacial score (nSPS) is 13.9. The molecule has 3 nitrogen and oxygen atoms in total. The van der Waals surface area contributed by atoms with E-state index in [0.29, 0.717) is 12.0 Å². The van der Waals surface area contributed by atoms with Crippen molar-refractivity contribution in [1.82, 2.24) is 5.32 Å². The zero-order valence-electron chi connectivity index (χ0n) is 12.8. The Morgan fingerprint density at radius 2 is 1.89 bits per heavy atom. The van der Waals surface area contributed by atoms with E-state index in [9.17, 15) is 0 Å². The van der Waals surface area contributed by atoms with Gasteiger partial charge in [-0.2, -0.15) is 0 Å². The molecule has 0 heterocycles. The highest BCUT2D eigenvalue weighted by Gasteiger charge is 2.18. The van der Waals surface area contributed by atoms with E-state index in [-0.39, 0.29) is 0 Å². The summed E-state index contributed by atoms with van der Waals surface area (Å²) in [6, 6.07) is 6.31. The summed E-state index contributed by atoms with van der Waals surface area (Å²) >= 11 is 0. The molecule has 2 unspecified atom stereocenters. The van der Waals surface area contributed by atoms with E-state index < -0.39 is 0 Å². The average molecular weight is 265 g/mol. The second kappa shape index (κ2) is 8.05. The second-order valence-electron chi connectivity index (χ2n) is 4.97. The van der Waals surface area contributed by atoms with Crippen LogP contribution in [0.5, 0.6) is 11.5 Å². The Morgan fingerprint density at radius 3 is 2.42 bits per heavy atom. The molecule has 0 aliphatic rings. The minimum Gasteiger partial charge on any atom is -0.497 e. The monoisotopic (exact) mass is 265 g/mol. The molecule has 0 aromatic heterocycles. The van der Waals surface area contributed by atoms with Crippen molar-refractivity contribution < 1.29 is 9.47 Å². The molecule has 0 bridgehead atoms. The maximum absolute atomic E-state index is 5.49. The predicted molar refractivity (Wildman–Crippen MR) is 80.0 cm³/mol. The maximum atomic E-state index is 5.49. The Morgan fingerprint density at radius 1 is 1.16 bits per heavy atom. The molecule has 0 aliphatic heterocycles. The van der Waals surface area contributed by atoms with Crippen molar-refractivity contribution in [3.05, 3.63) is 23.8 Å². The lowest BCUT2D eigenvalue weighted by Crippen LogP contribution is -2.23. The minimum atomic E-state index is 0.310. The molecule has 0 saturated heterocycles. The number of nitrogens with one attached hydrogen (secondary N) is 1. The van der Waals surface area contributed by atoms with Crippen molar-refractivity contribution in [2.45, 2.75) is 39.7 Å². The van der Waals surface area contributed by atoms with Gasteiger partial charge in [0.05, 0.1) is 14.2 Å². The molecule has 0 aliphatic carbocycles. The molecule has 1 rings (SSSR count). The summed E-state index contributed by atoms with van der Waals surface area (Å²) in [5, 5.41) is 3.55. The molecule has 0 amide bonds. The first-order valence-corrected chi connectivity index (χ1v) is 7.11. The SMILES string of the molecule is CCNC(CC(C)CC)c1cc(OC)ccc1OC. The molecule has 2 atom stereocenters. The Labute approximate surface area is 117 Å². The van der Waals surface area contributed by atoms with Gasteiger partial charge in [0.1, 0.15) is 11.5 Å². The largest absolute Gasteiger partial charge is 0.497 e. The lowest BCUT2D eigenvalue weighted by molar-refractivity contribution is 0.368. The van der Waals surface area contributed by atoms with Crippen LogP contribution in [-0.4, -0.2) is 20.8 Å². The fourth-order valence-corrected chi connectivity index (χ4v) is 2.25. The highest BCUT2D eigenvalue weighted by Crippen LogP contribution is 2.33. The van der Waals surface area contributed by atoms with E-state index in [1.807, 2.05) is 12.1 Å². The van der Waals surface area contributed by atoms with Gasteiger partial charge in [0, 0.05) is 11.6 Å². The van der Waals surface area contributed by atoms with Crippen molar-refractivity contribution in [1.29, 1.82) is 0 Å². The van der Waals surface area contributed by atoms with E-state index in [1.165, 1.54) is 12.0 Å². The van der Waals surface area contributed by atoms with Crippen LogP contribution in [0.25, 0.3) is 0 Å². The van der Waals surface area contributed by atoms with Crippen molar-refractivity contribution in [2.24, 2.45) is 5.92 Å². The average Bonchev–Trinajstić information content (AvgIpc) is 2.45. The zero-order valence-corrected chi connectivity index (χ0v) is 12.8. The van der Waals surface area contributed by atoms with Crippen molar-refractivity contribution in [2.75, 3.05) is 20.8 Å². The number of rotatable bonds is 8. The number of methoxy groups -OCH3 is 2. The highest BCUT2D eigenvalue weighted by atomic mass is 16.5. The van der Waals surface area contributed by atoms with E-state index in [2.05, 4.69) is 32.2 Å². The molecular weight excluding hydrogens is 238 g/mol. The fourth-order valence-electron chi connectivity index (χ4n) is 2.25. The van der Waals surface area contributed by atoms with Gasteiger partial charge in [-0.15, -0.1) is 0 Å². The topological polar surface area (TPSA) is 30.5 Å². The van der Waals surface area contributed by atoms with Crippen LogP contribution in [0.4, 0.5) is 0 Å². The molecule has 0 radical (unpaired) electrons. The van der Waals surface area contributed by atoms with Crippen LogP contribution in [0, 0.1) is 5.92 Å². The number of hydrogen-bond donors (Lipinski definition) is 1. The van der Waals surface area contributed by atoms with Crippen LogP contribution < -0.4 is 14.8 Å². The second-order valence-corrected chi connectivity index (χ2v) is 4.97. The summed E-state index contributed by atoms with van der Waals surface area (Å²) in [7, 11) is 3.42. The summed E-state index contributed by atoms with van der Waals surface area (Å²) in [5.41, 5.74) is 1.18. The van der Waals surface area contributed by atoms with Crippen LogP contribution in [0.15, 0.2) is 18.2 Å². The van der Waals surface area contributed by atoms with E-state index >= 15 is 0 Å². The maximum Gasteiger partial charge on any atom is 0.123 e. The third-order valence-corrected chi connectivity index (χ3v) is 3.60. The lowest BCUT2D eigenvalue weighted by atomic mass is 9.93. The Balaban J connectivity index is 3.04. The smallest absolute Gasteiger partial charge is 0.123 e. The van der Waals surface area contributed by atoms with Crippen LogP contribution in [-0.2, 0) is 0 Å². The van der Waals surface area contributed by atoms with Gasteiger partial charge in [0.15, 0.2) is 0 Å². The molecule has 0 fully saturated rings. The Bertz CT molecular complexity index is 379. The molecule has 3 heteroatoms. The summed E-state index contributed by atoms with van der Waals surface area (Å²) < 4.78 is 10.8. The summed E-state index contributed by atoms with van der Waals surface area (Å²) in [4.78, 5) is 0. The van der Waals surface area contributed by atoms with Gasteiger partial charge in [-0.3, -0.25) is 0 Å². The van der Waals surface area contributed by atoms with E-state index in [1.54, 1.807) is 14.2 Å². The van der Waals surface area contributed by atoms with Crippen LogP contribution >= 0.6 is 0 Å². The molecule has 0 spiro atoms. The molecule has 1 N–H and O–H groups in total. The zero-order chi connectivity index (χ0) is 14.3. The van der Waals surface area contributed by atoms with Crippen LogP contribution in [0.3, 0.4) is 0 Å². The van der Waals surface area contributed by atoms with E-state index in [0.717, 1.165) is 24.5 Å². The molecule has 1 aromatic carbocycles. The van der Waals surface area contributed by atoms with Gasteiger partial charge in [-0.25, -0.2) is 0 Å². The third-order valence-electron chi connectivity index (χ3n) is 3.60. The van der Waals surface area contributed by atoms with Gasteiger partial charge >= 0.3 is 0 Å². The fraction of sp³-hybridized carbons (Fsp3) is 0.625. The summed E-state index contributed by atoms with van der Waals surface area (Å²) in [6.07, 6.45) is 2.29. The first-order valence-electron chi connectivity index (χ1n) is 7.11. The number of ether oxygens (including phenoxy) is 2. The van der Waals surface area contributed by atoms with Gasteiger partial charge < -0.3 is 14.8 Å². The standard InChI is InChI=1S/C16H27NO2/c1-6-12(3)10-15(17-7-2)14-11-13(18-4)8-9-16(14)19-5/h8-9,11-12,15,17H,6-7,10H2,1-5H3. The minimum absolute atomic E-state index is 0.310. The van der Waals surface area contributed by atoms with Gasteiger partial charge in [0.2, 0.25) is 0 Å². The predicted octanol–water partition coefficient (Wildman–Crippen LogP) is 3.79. The van der Waals surface area contributed by atoms with Crippen LogP contribution in [0.1, 0.15) is 45.2 Å². The summed E-state index contributed by atoms with van der Waals surface area (Å²) in [5.74, 6) is 2.48. The Hall–Kier alpha value is -1.22. The lowest BCUT2D eigenvalue weighted by Gasteiger charge is -2.24. The van der Waals surface area contributed by atoms with Crippen molar-refractivity contribution >= 4 is 0 Å². The van der Waals surface area contributed by atoms with Gasteiger partial charge in [-0.05, 0) is 37.1 Å². The molecular formula is C16H27NO2. The first-order chi connectivity index (χ1) is 9.15. The molecule has 108 valence electrons. The highest BCUT2D eigenvalue weighted by molar-refractivity contribution is 5.42. The van der Waals surface area contributed by atoms with Crippen molar-refractivity contribution in [3.8, 4) is 11.5 Å². The Kier molecular flexibility index (Phi) is 6.71.